The van der Waals surface area contributed by atoms with Crippen LogP contribution >= 0.6 is 0 Å². The molecule has 1 heterocycles. The van der Waals surface area contributed by atoms with Gasteiger partial charge in [0.2, 0.25) is 0 Å². The molecule has 1 fully saturated rings. The van der Waals surface area contributed by atoms with Crippen molar-refractivity contribution in [3.8, 4) is 0 Å². The topological polar surface area (TPSA) is 113 Å². The third kappa shape index (κ3) is 5.40. The second kappa shape index (κ2) is 9.60. The number of carbonyl (C=O) groups excluding carboxylic acids is 1. The SMILES string of the molecule is CCOC(=O)[C@H]1CCCN(c2ccc(NS(=O)(=O)c3cc(C)cc(C)c3)cc2C(=O)O)C1. The van der Waals surface area contributed by atoms with Crippen LogP contribution in [0.25, 0.3) is 0 Å². The number of anilines is 2. The third-order valence-corrected chi connectivity index (χ3v) is 6.73. The van der Waals surface area contributed by atoms with Gasteiger partial charge in [-0.05, 0) is 75.1 Å². The zero-order valence-electron chi connectivity index (χ0n) is 18.4. The Labute approximate surface area is 188 Å². The fraction of sp³-hybridized carbons (Fsp3) is 0.391. The highest BCUT2D eigenvalue weighted by molar-refractivity contribution is 7.92. The van der Waals surface area contributed by atoms with Crippen LogP contribution in [-0.4, -0.2) is 45.2 Å². The van der Waals surface area contributed by atoms with E-state index in [0.717, 1.165) is 17.5 Å². The van der Waals surface area contributed by atoms with Gasteiger partial charge in [0.1, 0.15) is 0 Å². The quantitative estimate of drug-likeness (QED) is 0.607. The smallest absolute Gasteiger partial charge is 0.337 e. The lowest BCUT2D eigenvalue weighted by atomic mass is 9.97. The van der Waals surface area contributed by atoms with Crippen molar-refractivity contribution in [3.05, 3.63) is 53.1 Å². The molecule has 0 aliphatic carbocycles. The largest absolute Gasteiger partial charge is 0.478 e. The first-order chi connectivity index (χ1) is 15.1. The summed E-state index contributed by atoms with van der Waals surface area (Å²) in [6, 6.07) is 9.42. The van der Waals surface area contributed by atoms with Gasteiger partial charge >= 0.3 is 11.9 Å². The number of esters is 1. The molecule has 9 heteroatoms. The van der Waals surface area contributed by atoms with Gasteiger partial charge in [-0.3, -0.25) is 9.52 Å². The number of carboxylic acid groups (broad SMARTS) is 1. The highest BCUT2D eigenvalue weighted by Gasteiger charge is 2.29. The van der Waals surface area contributed by atoms with Crippen LogP contribution in [0, 0.1) is 19.8 Å². The second-order valence-corrected chi connectivity index (χ2v) is 9.69. The molecule has 2 N–H and O–H groups in total. The highest BCUT2D eigenvalue weighted by atomic mass is 32.2. The number of carboxylic acids is 1. The summed E-state index contributed by atoms with van der Waals surface area (Å²) < 4.78 is 33.3. The summed E-state index contributed by atoms with van der Waals surface area (Å²) in [4.78, 5) is 26.1. The Kier molecular flexibility index (Phi) is 7.08. The fourth-order valence-electron chi connectivity index (χ4n) is 4.00. The number of sulfonamides is 1. The molecule has 0 aromatic heterocycles. The van der Waals surface area contributed by atoms with Crippen LogP contribution in [0.5, 0.6) is 0 Å². The minimum absolute atomic E-state index is 0.0323. The average molecular weight is 461 g/mol. The van der Waals surface area contributed by atoms with Gasteiger partial charge < -0.3 is 14.7 Å². The van der Waals surface area contributed by atoms with Crippen molar-refractivity contribution >= 4 is 33.3 Å². The van der Waals surface area contributed by atoms with E-state index in [4.69, 9.17) is 4.74 Å². The summed E-state index contributed by atoms with van der Waals surface area (Å²) >= 11 is 0. The highest BCUT2D eigenvalue weighted by Crippen LogP contribution is 2.30. The Hall–Kier alpha value is -3.07. The minimum Gasteiger partial charge on any atom is -0.478 e. The van der Waals surface area contributed by atoms with Gasteiger partial charge in [0.15, 0.2) is 0 Å². The predicted octanol–water partition coefficient (Wildman–Crippen LogP) is 3.58. The maximum Gasteiger partial charge on any atom is 0.337 e. The van der Waals surface area contributed by atoms with E-state index in [1.165, 1.54) is 12.1 Å². The Morgan fingerprint density at radius 3 is 2.47 bits per heavy atom. The molecular weight excluding hydrogens is 432 g/mol. The third-order valence-electron chi connectivity index (χ3n) is 5.37. The number of hydrogen-bond donors (Lipinski definition) is 2. The van der Waals surface area contributed by atoms with Crippen molar-refractivity contribution in [1.29, 1.82) is 0 Å². The normalized spacial score (nSPS) is 16.5. The Morgan fingerprint density at radius 2 is 1.84 bits per heavy atom. The first-order valence-electron chi connectivity index (χ1n) is 10.5. The van der Waals surface area contributed by atoms with E-state index >= 15 is 0 Å². The van der Waals surface area contributed by atoms with Crippen molar-refractivity contribution in [2.24, 2.45) is 5.92 Å². The number of hydrogen-bond acceptors (Lipinski definition) is 6. The molecule has 8 nitrogen and oxygen atoms in total. The van der Waals surface area contributed by atoms with E-state index in [0.29, 0.717) is 31.8 Å². The van der Waals surface area contributed by atoms with Crippen molar-refractivity contribution in [1.82, 2.24) is 0 Å². The van der Waals surface area contributed by atoms with E-state index in [-0.39, 0.29) is 28.0 Å². The number of ether oxygens (including phenoxy) is 1. The molecule has 0 saturated carbocycles. The van der Waals surface area contributed by atoms with E-state index in [1.807, 2.05) is 24.8 Å². The number of rotatable bonds is 7. The Bertz CT molecular complexity index is 1110. The lowest BCUT2D eigenvalue weighted by Gasteiger charge is -2.34. The van der Waals surface area contributed by atoms with Crippen molar-refractivity contribution in [2.45, 2.75) is 38.5 Å². The molecule has 1 atom stereocenters. The first-order valence-corrected chi connectivity index (χ1v) is 12.0. The number of aromatic carboxylic acids is 1. The van der Waals surface area contributed by atoms with E-state index in [9.17, 15) is 23.1 Å². The number of benzene rings is 2. The van der Waals surface area contributed by atoms with Gasteiger partial charge in [0, 0.05) is 18.8 Å². The molecule has 1 aliphatic heterocycles. The summed E-state index contributed by atoms with van der Waals surface area (Å²) in [6.45, 7) is 6.62. The molecular formula is C23H28N2O6S. The van der Waals surface area contributed by atoms with Gasteiger partial charge in [-0.1, -0.05) is 6.07 Å². The molecule has 1 saturated heterocycles. The average Bonchev–Trinajstić information content (AvgIpc) is 2.73. The minimum atomic E-state index is -3.88. The van der Waals surface area contributed by atoms with E-state index in [2.05, 4.69) is 4.72 Å². The summed E-state index contributed by atoms with van der Waals surface area (Å²) in [5.74, 6) is -1.79. The fourth-order valence-corrected chi connectivity index (χ4v) is 5.23. The number of nitrogens with zero attached hydrogens (tertiary/aromatic N) is 1. The molecule has 3 rings (SSSR count). The van der Waals surface area contributed by atoms with Crippen LogP contribution in [0.15, 0.2) is 41.3 Å². The number of carbonyl (C=O) groups is 2. The summed E-state index contributed by atoms with van der Waals surface area (Å²) in [7, 11) is -3.88. The Balaban J connectivity index is 1.88. The van der Waals surface area contributed by atoms with Gasteiger partial charge in [0.25, 0.3) is 10.0 Å². The molecule has 172 valence electrons. The number of piperidine rings is 1. The molecule has 0 bridgehead atoms. The monoisotopic (exact) mass is 460 g/mol. The van der Waals surface area contributed by atoms with Gasteiger partial charge in [0.05, 0.1) is 28.7 Å². The standard InChI is InChI=1S/C23H28N2O6S/c1-4-31-23(28)17-6-5-9-25(14-17)21-8-7-18(13-20(21)22(26)27)24-32(29,30)19-11-15(2)10-16(3)12-19/h7-8,10-13,17,24H,4-6,9,14H2,1-3H3,(H,26,27)/t17-/m0/s1. The summed E-state index contributed by atoms with van der Waals surface area (Å²) in [6.07, 6.45) is 1.41. The molecule has 1 aliphatic rings. The first kappa shape index (κ1) is 23.6. The predicted molar refractivity (Wildman–Crippen MR) is 122 cm³/mol. The van der Waals surface area contributed by atoms with Crippen molar-refractivity contribution in [2.75, 3.05) is 29.3 Å². The molecule has 0 spiro atoms. The molecule has 2 aromatic carbocycles. The van der Waals surface area contributed by atoms with Crippen LogP contribution in [0.3, 0.4) is 0 Å². The maximum atomic E-state index is 12.8. The second-order valence-electron chi connectivity index (χ2n) is 8.00. The zero-order chi connectivity index (χ0) is 23.5. The van der Waals surface area contributed by atoms with Crippen LogP contribution in [0.2, 0.25) is 0 Å². The zero-order valence-corrected chi connectivity index (χ0v) is 19.2. The summed E-state index contributed by atoms with van der Waals surface area (Å²) in [5.41, 5.74) is 2.20. The lowest BCUT2D eigenvalue weighted by Crippen LogP contribution is -2.40. The molecule has 32 heavy (non-hydrogen) atoms. The van der Waals surface area contributed by atoms with Gasteiger partial charge in [-0.25, -0.2) is 13.2 Å². The van der Waals surface area contributed by atoms with E-state index in [1.54, 1.807) is 25.1 Å². The lowest BCUT2D eigenvalue weighted by molar-refractivity contribution is -0.148. The number of aryl methyl sites for hydroxylation is 2. The molecule has 0 radical (unpaired) electrons. The van der Waals surface area contributed by atoms with Gasteiger partial charge in [-0.15, -0.1) is 0 Å². The maximum absolute atomic E-state index is 12.8. The van der Waals surface area contributed by atoms with Crippen molar-refractivity contribution < 1.29 is 27.9 Å². The summed E-state index contributed by atoms with van der Waals surface area (Å²) in [5, 5.41) is 9.77. The van der Waals surface area contributed by atoms with Crippen molar-refractivity contribution in [3.63, 3.8) is 0 Å². The molecule has 2 aromatic rings. The molecule has 0 unspecified atom stereocenters. The van der Waals surface area contributed by atoms with Crippen LogP contribution in [0.1, 0.15) is 41.3 Å². The molecule has 0 amide bonds. The van der Waals surface area contributed by atoms with Crippen LogP contribution < -0.4 is 9.62 Å². The van der Waals surface area contributed by atoms with E-state index < -0.39 is 16.0 Å². The van der Waals surface area contributed by atoms with Crippen LogP contribution in [0.4, 0.5) is 11.4 Å². The van der Waals surface area contributed by atoms with Crippen LogP contribution in [-0.2, 0) is 19.6 Å². The number of nitrogens with one attached hydrogen (secondary N) is 1. The Morgan fingerprint density at radius 1 is 1.16 bits per heavy atom. The van der Waals surface area contributed by atoms with Gasteiger partial charge in [-0.2, -0.15) is 0 Å².